The fraction of sp³-hybridized carbons (Fsp3) is 0.176. The molecule has 1 amide bonds. The van der Waals surface area contributed by atoms with Gasteiger partial charge in [0.1, 0.15) is 6.29 Å². The lowest BCUT2D eigenvalue weighted by atomic mass is 10.0. The van der Waals surface area contributed by atoms with Crippen LogP contribution >= 0.6 is 0 Å². The van der Waals surface area contributed by atoms with E-state index in [1.54, 1.807) is 6.07 Å². The lowest BCUT2D eigenvalue weighted by Gasteiger charge is -2.08. The quantitative estimate of drug-likeness (QED) is 0.844. The van der Waals surface area contributed by atoms with Crippen LogP contribution < -0.4 is 5.32 Å². The van der Waals surface area contributed by atoms with E-state index in [4.69, 9.17) is 0 Å². The summed E-state index contributed by atoms with van der Waals surface area (Å²) in [5.74, 6) is -0.0417. The van der Waals surface area contributed by atoms with Gasteiger partial charge < -0.3 is 5.32 Å². The highest BCUT2D eigenvalue weighted by molar-refractivity contribution is 5.91. The van der Waals surface area contributed by atoms with E-state index >= 15 is 0 Å². The topological polar surface area (TPSA) is 46.2 Å². The molecular formula is C17H17NO2. The second-order valence-corrected chi connectivity index (χ2v) is 4.68. The highest BCUT2D eigenvalue weighted by Crippen LogP contribution is 2.14. The molecule has 20 heavy (non-hydrogen) atoms. The summed E-state index contributed by atoms with van der Waals surface area (Å²) < 4.78 is 0. The third kappa shape index (κ3) is 3.54. The molecule has 2 rings (SSSR count). The van der Waals surface area contributed by atoms with Gasteiger partial charge in [0.05, 0.1) is 0 Å². The van der Waals surface area contributed by atoms with Gasteiger partial charge in [-0.05, 0) is 30.5 Å². The minimum Gasteiger partial charge on any atom is -0.326 e. The van der Waals surface area contributed by atoms with Crippen molar-refractivity contribution in [1.29, 1.82) is 0 Å². The largest absolute Gasteiger partial charge is 0.326 e. The van der Waals surface area contributed by atoms with Crippen LogP contribution in [0, 0.1) is 6.92 Å². The van der Waals surface area contributed by atoms with Crippen molar-refractivity contribution in [3.63, 3.8) is 0 Å². The Morgan fingerprint density at radius 1 is 1.10 bits per heavy atom. The Morgan fingerprint density at radius 2 is 1.80 bits per heavy atom. The number of rotatable bonds is 5. The van der Waals surface area contributed by atoms with E-state index in [0.717, 1.165) is 23.1 Å². The average Bonchev–Trinajstić information content (AvgIpc) is 2.48. The minimum absolute atomic E-state index is 0.0417. The molecule has 2 aromatic carbocycles. The first-order valence-corrected chi connectivity index (χ1v) is 6.59. The summed E-state index contributed by atoms with van der Waals surface area (Å²) in [5, 5.41) is 2.89. The number of carbonyl (C=O) groups is 2. The van der Waals surface area contributed by atoms with Crippen molar-refractivity contribution < 1.29 is 9.59 Å². The SMILES string of the molecule is Cc1ccccc1NC(=O)CCc1ccccc1C=O. The van der Waals surface area contributed by atoms with Crippen LogP contribution in [0.2, 0.25) is 0 Å². The minimum atomic E-state index is -0.0417. The van der Waals surface area contributed by atoms with Crippen LogP contribution in [-0.4, -0.2) is 12.2 Å². The fourth-order valence-corrected chi connectivity index (χ4v) is 2.05. The van der Waals surface area contributed by atoms with E-state index in [2.05, 4.69) is 5.32 Å². The van der Waals surface area contributed by atoms with Gasteiger partial charge in [-0.3, -0.25) is 9.59 Å². The molecule has 0 heterocycles. The molecule has 0 aliphatic heterocycles. The Hall–Kier alpha value is -2.42. The lowest BCUT2D eigenvalue weighted by Crippen LogP contribution is -2.13. The van der Waals surface area contributed by atoms with Gasteiger partial charge in [-0.15, -0.1) is 0 Å². The van der Waals surface area contributed by atoms with Crippen molar-refractivity contribution in [2.75, 3.05) is 5.32 Å². The highest BCUT2D eigenvalue weighted by Gasteiger charge is 2.06. The Morgan fingerprint density at radius 3 is 2.55 bits per heavy atom. The third-order valence-electron chi connectivity index (χ3n) is 3.22. The van der Waals surface area contributed by atoms with Crippen LogP contribution in [0.25, 0.3) is 0 Å². The molecule has 3 heteroatoms. The monoisotopic (exact) mass is 267 g/mol. The van der Waals surface area contributed by atoms with Gasteiger partial charge in [0.2, 0.25) is 5.91 Å². The van der Waals surface area contributed by atoms with Crippen LogP contribution in [0.3, 0.4) is 0 Å². The van der Waals surface area contributed by atoms with Gasteiger partial charge >= 0.3 is 0 Å². The van der Waals surface area contributed by atoms with Crippen LogP contribution in [-0.2, 0) is 11.2 Å². The first-order chi connectivity index (χ1) is 9.70. The molecular weight excluding hydrogens is 250 g/mol. The number of aryl methyl sites for hydroxylation is 2. The van der Waals surface area contributed by atoms with Gasteiger partial charge in [-0.2, -0.15) is 0 Å². The van der Waals surface area contributed by atoms with E-state index in [0.29, 0.717) is 18.4 Å². The summed E-state index contributed by atoms with van der Waals surface area (Å²) in [6.45, 7) is 1.96. The van der Waals surface area contributed by atoms with Crippen LogP contribution in [0.15, 0.2) is 48.5 Å². The van der Waals surface area contributed by atoms with Gasteiger partial charge in [-0.25, -0.2) is 0 Å². The Kier molecular flexibility index (Phi) is 4.66. The number of carbonyl (C=O) groups excluding carboxylic acids is 2. The van der Waals surface area contributed by atoms with Gasteiger partial charge in [0, 0.05) is 17.7 Å². The molecule has 102 valence electrons. The average molecular weight is 267 g/mol. The molecule has 0 saturated heterocycles. The number of hydrogen-bond donors (Lipinski definition) is 1. The Balaban J connectivity index is 1.96. The van der Waals surface area contributed by atoms with Gasteiger partial charge in [0.25, 0.3) is 0 Å². The molecule has 0 radical (unpaired) electrons. The predicted octanol–water partition coefficient (Wildman–Crippen LogP) is 3.38. The molecule has 2 aromatic rings. The van der Waals surface area contributed by atoms with E-state index < -0.39 is 0 Å². The zero-order valence-electron chi connectivity index (χ0n) is 11.4. The summed E-state index contributed by atoms with van der Waals surface area (Å²) in [4.78, 5) is 22.8. The molecule has 0 aliphatic carbocycles. The second-order valence-electron chi connectivity index (χ2n) is 4.68. The van der Waals surface area contributed by atoms with E-state index in [1.807, 2.05) is 49.4 Å². The maximum Gasteiger partial charge on any atom is 0.224 e. The Labute approximate surface area is 118 Å². The van der Waals surface area contributed by atoms with Crippen molar-refractivity contribution in [1.82, 2.24) is 0 Å². The molecule has 0 atom stereocenters. The molecule has 3 nitrogen and oxygen atoms in total. The molecule has 0 fully saturated rings. The van der Waals surface area contributed by atoms with Crippen molar-refractivity contribution in [3.8, 4) is 0 Å². The number of para-hydroxylation sites is 1. The standard InChI is InChI=1S/C17H17NO2/c1-13-6-2-5-9-16(13)18-17(20)11-10-14-7-3-4-8-15(14)12-19/h2-9,12H,10-11H2,1H3,(H,18,20). The second kappa shape index (κ2) is 6.66. The first kappa shape index (κ1) is 14.0. The van der Waals surface area contributed by atoms with Crippen LogP contribution in [0.5, 0.6) is 0 Å². The predicted molar refractivity (Wildman–Crippen MR) is 80.0 cm³/mol. The normalized spacial score (nSPS) is 10.1. The molecule has 0 unspecified atom stereocenters. The number of anilines is 1. The summed E-state index contributed by atoms with van der Waals surface area (Å²) in [5.41, 5.74) is 3.42. The lowest BCUT2D eigenvalue weighted by molar-refractivity contribution is -0.116. The Bertz CT molecular complexity index is 620. The summed E-state index contributed by atoms with van der Waals surface area (Å²) in [6, 6.07) is 15.0. The van der Waals surface area contributed by atoms with Gasteiger partial charge in [0.15, 0.2) is 0 Å². The van der Waals surface area contributed by atoms with E-state index in [1.165, 1.54) is 0 Å². The molecule has 0 aliphatic rings. The maximum absolute atomic E-state index is 11.9. The van der Waals surface area contributed by atoms with Crippen molar-refractivity contribution in [3.05, 3.63) is 65.2 Å². The third-order valence-corrected chi connectivity index (χ3v) is 3.22. The number of aldehydes is 1. The summed E-state index contributed by atoms with van der Waals surface area (Å²) in [6.07, 6.45) is 1.75. The fourth-order valence-electron chi connectivity index (χ4n) is 2.05. The summed E-state index contributed by atoms with van der Waals surface area (Å²) in [7, 11) is 0. The molecule has 1 N–H and O–H groups in total. The first-order valence-electron chi connectivity index (χ1n) is 6.59. The summed E-state index contributed by atoms with van der Waals surface area (Å²) >= 11 is 0. The smallest absolute Gasteiger partial charge is 0.224 e. The number of amides is 1. The van der Waals surface area contributed by atoms with Crippen molar-refractivity contribution >= 4 is 17.9 Å². The number of nitrogens with one attached hydrogen (secondary N) is 1. The van der Waals surface area contributed by atoms with Gasteiger partial charge in [-0.1, -0.05) is 42.5 Å². The molecule has 0 spiro atoms. The van der Waals surface area contributed by atoms with Crippen molar-refractivity contribution in [2.45, 2.75) is 19.8 Å². The van der Waals surface area contributed by atoms with Crippen LogP contribution in [0.1, 0.15) is 27.9 Å². The molecule has 0 saturated carbocycles. The van der Waals surface area contributed by atoms with E-state index in [9.17, 15) is 9.59 Å². The number of benzene rings is 2. The van der Waals surface area contributed by atoms with Crippen molar-refractivity contribution in [2.24, 2.45) is 0 Å². The zero-order chi connectivity index (χ0) is 14.4. The highest BCUT2D eigenvalue weighted by atomic mass is 16.1. The zero-order valence-corrected chi connectivity index (χ0v) is 11.4. The maximum atomic E-state index is 11.9. The molecule has 0 aromatic heterocycles. The van der Waals surface area contributed by atoms with Crippen LogP contribution in [0.4, 0.5) is 5.69 Å². The number of hydrogen-bond acceptors (Lipinski definition) is 2. The molecule has 0 bridgehead atoms. The van der Waals surface area contributed by atoms with E-state index in [-0.39, 0.29) is 5.91 Å².